The molecule has 3 aliphatic rings. The van der Waals surface area contributed by atoms with E-state index in [4.69, 9.17) is 5.26 Å². The minimum absolute atomic E-state index is 0.266. The molecule has 8 heteroatoms. The molecule has 2 atom stereocenters. The van der Waals surface area contributed by atoms with E-state index in [1.807, 2.05) is 20.0 Å². The van der Waals surface area contributed by atoms with Gasteiger partial charge in [-0.3, -0.25) is 4.90 Å². The molecule has 158 valence electrons. The van der Waals surface area contributed by atoms with E-state index >= 15 is 0 Å². The second-order valence-electron chi connectivity index (χ2n) is 8.42. The van der Waals surface area contributed by atoms with E-state index < -0.39 is 15.9 Å². The predicted molar refractivity (Wildman–Crippen MR) is 119 cm³/mol. The van der Waals surface area contributed by atoms with Gasteiger partial charge in [0.1, 0.15) is 0 Å². The van der Waals surface area contributed by atoms with Crippen molar-refractivity contribution in [1.82, 2.24) is 9.62 Å². The van der Waals surface area contributed by atoms with E-state index in [1.54, 1.807) is 12.3 Å². The van der Waals surface area contributed by atoms with Crippen LogP contribution >= 0.6 is 0 Å². The Morgan fingerprint density at radius 3 is 2.93 bits per heavy atom. The fourth-order valence-corrected chi connectivity index (χ4v) is 5.71. The number of carbonyl (C=O) groups is 1. The van der Waals surface area contributed by atoms with Crippen LogP contribution in [0.15, 0.2) is 28.0 Å². The number of allylic oxidation sites excluding steroid dienone is 1. The van der Waals surface area contributed by atoms with Gasteiger partial charge in [-0.2, -0.15) is 5.26 Å². The van der Waals surface area contributed by atoms with E-state index in [-0.39, 0.29) is 5.54 Å². The molecule has 2 N–H and O–H groups in total. The highest BCUT2D eigenvalue weighted by Crippen LogP contribution is 2.37. The number of likely N-dealkylation sites (N-methyl/N-ethyl adjacent to an activating group) is 1. The normalized spacial score (nSPS) is 24.3. The molecule has 1 fully saturated rings. The molecule has 0 saturated carbocycles. The number of fused-ring (bicyclic) bond motifs is 2. The Morgan fingerprint density at radius 1 is 1.37 bits per heavy atom. The van der Waals surface area contributed by atoms with E-state index in [2.05, 4.69) is 31.4 Å². The van der Waals surface area contributed by atoms with Crippen molar-refractivity contribution in [3.05, 3.63) is 45.9 Å². The van der Waals surface area contributed by atoms with Crippen molar-refractivity contribution in [2.75, 3.05) is 18.9 Å². The van der Waals surface area contributed by atoms with Gasteiger partial charge in [0.25, 0.3) is 0 Å². The minimum Gasteiger partial charge on any atom is -0.306 e. The first-order valence-electron chi connectivity index (χ1n) is 10.3. The molecule has 2 aliphatic carbocycles. The van der Waals surface area contributed by atoms with Crippen LogP contribution in [-0.4, -0.2) is 34.3 Å². The van der Waals surface area contributed by atoms with Gasteiger partial charge in [-0.15, -0.1) is 0 Å². The van der Waals surface area contributed by atoms with E-state index in [0.717, 1.165) is 61.9 Å². The maximum Gasteiger partial charge on any atom is 0.331 e. The molecule has 4 rings (SSSR count). The van der Waals surface area contributed by atoms with Gasteiger partial charge in [0, 0.05) is 16.5 Å². The summed E-state index contributed by atoms with van der Waals surface area (Å²) in [4.78, 5) is 15.0. The third-order valence-corrected chi connectivity index (χ3v) is 7.80. The Kier molecular flexibility index (Phi) is 5.43. The van der Waals surface area contributed by atoms with Gasteiger partial charge in [-0.05, 0) is 75.7 Å². The van der Waals surface area contributed by atoms with E-state index in [9.17, 15) is 9.00 Å². The fourth-order valence-electron chi connectivity index (χ4n) is 4.62. The first-order chi connectivity index (χ1) is 14.3. The van der Waals surface area contributed by atoms with Crippen molar-refractivity contribution >= 4 is 27.7 Å². The first kappa shape index (κ1) is 20.6. The molecule has 30 heavy (non-hydrogen) atoms. The third-order valence-electron chi connectivity index (χ3n) is 6.46. The number of benzene rings is 1. The van der Waals surface area contributed by atoms with Crippen LogP contribution in [0.1, 0.15) is 48.4 Å². The summed E-state index contributed by atoms with van der Waals surface area (Å²) in [6, 6.07) is 1.62. The summed E-state index contributed by atoms with van der Waals surface area (Å²) in [5.74, 6) is 0. The quantitative estimate of drug-likeness (QED) is 0.718. The summed E-state index contributed by atoms with van der Waals surface area (Å²) >= 11 is 0. The van der Waals surface area contributed by atoms with Crippen LogP contribution in [0.3, 0.4) is 0 Å². The number of nitriles is 1. The van der Waals surface area contributed by atoms with Gasteiger partial charge in [0.05, 0.1) is 5.69 Å². The van der Waals surface area contributed by atoms with E-state index in [0.29, 0.717) is 0 Å². The van der Waals surface area contributed by atoms with Crippen molar-refractivity contribution < 1.29 is 9.00 Å². The summed E-state index contributed by atoms with van der Waals surface area (Å²) in [6.07, 6.45) is 13.3. The molecule has 1 heterocycles. The molecular weight excluding hydrogens is 398 g/mol. The highest BCUT2D eigenvalue weighted by Gasteiger charge is 2.31. The number of hydrogen-bond donors (Lipinski definition) is 2. The van der Waals surface area contributed by atoms with Gasteiger partial charge in [0.2, 0.25) is 6.19 Å². The lowest BCUT2D eigenvalue weighted by molar-refractivity contribution is 0.251. The smallest absolute Gasteiger partial charge is 0.306 e. The Hall–Kier alpha value is -2.63. The monoisotopic (exact) mass is 425 g/mol. The van der Waals surface area contributed by atoms with E-state index in [1.165, 1.54) is 16.5 Å². The average molecular weight is 426 g/mol. The van der Waals surface area contributed by atoms with Crippen LogP contribution in [0.5, 0.6) is 0 Å². The highest BCUT2D eigenvalue weighted by molar-refractivity contribution is 7.95. The topological polar surface area (TPSA) is 97.6 Å². The summed E-state index contributed by atoms with van der Waals surface area (Å²) in [7, 11) is -1.35. The molecule has 0 radical (unpaired) electrons. The molecule has 0 spiro atoms. The van der Waals surface area contributed by atoms with Crippen LogP contribution < -0.4 is 10.0 Å². The Labute approximate surface area is 178 Å². The fraction of sp³-hybridized carbons (Fsp3) is 0.455. The van der Waals surface area contributed by atoms with Crippen molar-refractivity contribution in [2.24, 2.45) is 4.36 Å². The van der Waals surface area contributed by atoms with Gasteiger partial charge in [-0.25, -0.2) is 13.7 Å². The summed E-state index contributed by atoms with van der Waals surface area (Å²) in [5, 5.41) is 13.3. The second-order valence-corrected chi connectivity index (χ2v) is 10.2. The maximum atomic E-state index is 13.2. The third kappa shape index (κ3) is 3.87. The van der Waals surface area contributed by atoms with Gasteiger partial charge in [0.15, 0.2) is 9.92 Å². The van der Waals surface area contributed by atoms with Gasteiger partial charge >= 0.3 is 6.03 Å². The average Bonchev–Trinajstić information content (AvgIpc) is 3.41. The largest absolute Gasteiger partial charge is 0.331 e. The SMILES string of the molecule is CN1CCC[C@]1(C)/C=C/S(=O)(=NC#N)NC(=O)Nc1c2c(cc3c1CCC3)CC=C2. The number of urea groups is 1. The molecule has 1 aromatic rings. The lowest BCUT2D eigenvalue weighted by Gasteiger charge is -2.28. The minimum atomic E-state index is -3.36. The molecular formula is C22H27N5O2S. The Morgan fingerprint density at radius 2 is 2.20 bits per heavy atom. The van der Waals surface area contributed by atoms with Crippen LogP contribution in [0.25, 0.3) is 6.08 Å². The summed E-state index contributed by atoms with van der Waals surface area (Å²) < 4.78 is 19.2. The van der Waals surface area contributed by atoms with Crippen LogP contribution in [0.2, 0.25) is 0 Å². The lowest BCUT2D eigenvalue weighted by atomic mass is 9.98. The number of rotatable bonds is 4. The predicted octanol–water partition coefficient (Wildman–Crippen LogP) is 3.73. The number of hydrogen-bond acceptors (Lipinski definition) is 5. The number of likely N-dealkylation sites (tertiary alicyclic amines) is 1. The molecule has 1 saturated heterocycles. The van der Waals surface area contributed by atoms with Gasteiger partial charge in [-0.1, -0.05) is 28.7 Å². The zero-order chi connectivity index (χ0) is 21.4. The number of anilines is 1. The zero-order valence-corrected chi connectivity index (χ0v) is 18.2. The van der Waals surface area contributed by atoms with Crippen molar-refractivity contribution in [3.63, 3.8) is 0 Å². The maximum absolute atomic E-state index is 13.2. The summed E-state index contributed by atoms with van der Waals surface area (Å²) in [6.45, 7) is 2.99. The molecule has 2 amide bonds. The molecule has 0 bridgehead atoms. The molecule has 1 unspecified atom stereocenters. The lowest BCUT2D eigenvalue weighted by Crippen LogP contribution is -2.37. The molecule has 7 nitrogen and oxygen atoms in total. The highest BCUT2D eigenvalue weighted by atomic mass is 32.2. The summed E-state index contributed by atoms with van der Waals surface area (Å²) in [5.41, 5.74) is 5.16. The Bertz CT molecular complexity index is 1110. The zero-order valence-electron chi connectivity index (χ0n) is 17.4. The van der Waals surface area contributed by atoms with Crippen molar-refractivity contribution in [3.8, 4) is 6.19 Å². The Balaban J connectivity index is 1.57. The molecule has 1 aliphatic heterocycles. The van der Waals surface area contributed by atoms with Crippen molar-refractivity contribution in [2.45, 2.75) is 51.0 Å². The van der Waals surface area contributed by atoms with Crippen LogP contribution in [0.4, 0.5) is 10.5 Å². The number of aryl methyl sites for hydroxylation is 1. The first-order valence-corrected chi connectivity index (χ1v) is 11.9. The number of nitrogens with zero attached hydrogens (tertiary/aromatic N) is 3. The number of nitrogens with one attached hydrogen (secondary N) is 2. The number of carbonyl (C=O) groups excluding carboxylic acids is 1. The van der Waals surface area contributed by atoms with Crippen LogP contribution in [0, 0.1) is 11.5 Å². The van der Waals surface area contributed by atoms with Crippen molar-refractivity contribution in [1.29, 1.82) is 5.26 Å². The van der Waals surface area contributed by atoms with Crippen LogP contribution in [-0.2, 0) is 29.2 Å². The molecule has 0 aromatic heterocycles. The van der Waals surface area contributed by atoms with Gasteiger partial charge < -0.3 is 5.32 Å². The molecule has 1 aromatic carbocycles. The second kappa shape index (κ2) is 7.89. The standard InChI is InChI=1S/C22H27N5O2S/c1-22(10-5-12-27(22)2)11-13-30(29,24-15-23)26-21(28)25-20-18-8-3-6-16(18)14-17-7-4-9-19(17)20/h3,8,11,13-14H,4-7,9-10,12H2,1-2H3,(H2,24,25,26,28,29)/b13-11+/t22-,30?/m1/s1. The number of amides is 2.